The third-order valence-corrected chi connectivity index (χ3v) is 9.38. The van der Waals surface area contributed by atoms with E-state index >= 15 is 4.39 Å². The minimum Gasteiger partial charge on any atom is -0.447 e. The van der Waals surface area contributed by atoms with Gasteiger partial charge in [0.1, 0.15) is 29.8 Å². The van der Waals surface area contributed by atoms with Crippen LogP contribution in [0.4, 0.5) is 31.1 Å². The minimum atomic E-state index is -4.75. The summed E-state index contributed by atoms with van der Waals surface area (Å²) in [5.74, 6) is -2.96. The molecule has 0 spiro atoms. The van der Waals surface area contributed by atoms with E-state index in [-0.39, 0.29) is 41.1 Å². The van der Waals surface area contributed by atoms with Gasteiger partial charge in [-0.25, -0.2) is 27.6 Å². The number of halogens is 7. The van der Waals surface area contributed by atoms with Crippen LogP contribution in [0.25, 0.3) is 16.9 Å². The van der Waals surface area contributed by atoms with Crippen LogP contribution in [0.5, 0.6) is 0 Å². The lowest BCUT2D eigenvalue weighted by atomic mass is 9.75. The molecule has 0 unspecified atom stereocenters. The van der Waals surface area contributed by atoms with Gasteiger partial charge < -0.3 is 15.4 Å². The van der Waals surface area contributed by atoms with Gasteiger partial charge in [0.25, 0.3) is 12.3 Å². The van der Waals surface area contributed by atoms with E-state index in [4.69, 9.17) is 21.7 Å². The van der Waals surface area contributed by atoms with E-state index in [1.54, 1.807) is 50.8 Å². The average molecular weight is 766 g/mol. The summed E-state index contributed by atoms with van der Waals surface area (Å²) in [5, 5.41) is 21.8. The van der Waals surface area contributed by atoms with Crippen molar-refractivity contribution in [1.29, 1.82) is 5.41 Å². The first-order valence-corrected chi connectivity index (χ1v) is 16.6. The van der Waals surface area contributed by atoms with Crippen molar-refractivity contribution in [3.05, 3.63) is 82.8 Å². The van der Waals surface area contributed by atoms with Crippen molar-refractivity contribution in [2.75, 3.05) is 6.61 Å². The van der Waals surface area contributed by atoms with E-state index in [1.165, 1.54) is 30.3 Å². The van der Waals surface area contributed by atoms with Crippen LogP contribution in [-0.4, -0.2) is 65.7 Å². The van der Waals surface area contributed by atoms with Crippen molar-refractivity contribution in [3.63, 3.8) is 0 Å². The Bertz CT molecular complexity index is 2070. The van der Waals surface area contributed by atoms with Crippen LogP contribution >= 0.6 is 11.6 Å². The fourth-order valence-corrected chi connectivity index (χ4v) is 6.69. The number of carbonyl (C=O) groups is 2. The first-order valence-electron chi connectivity index (χ1n) is 16.3. The summed E-state index contributed by atoms with van der Waals surface area (Å²) < 4.78 is 92.4. The molecule has 2 aromatic carbocycles. The lowest BCUT2D eigenvalue weighted by molar-refractivity contribution is -0.164. The molecule has 2 atom stereocenters. The van der Waals surface area contributed by atoms with Crippen LogP contribution in [0.3, 0.4) is 0 Å². The predicted octanol–water partition coefficient (Wildman–Crippen LogP) is 6.96. The zero-order chi connectivity index (χ0) is 38.7. The molecule has 1 saturated heterocycles. The molecule has 2 aromatic heterocycles. The molecule has 1 saturated carbocycles. The standard InChI is InChI=1S/C34H34ClF6N9O3/c1-31(2,3)16-33(20-7-5-18(13-22(20)36)23-9-12-48(4)47-23)28(51)49(29(42)45-33)25(15-53-30(52)46-32(10-11-32)34(39,40)41)19-6-8-21(35)24(14-19)50-27(26(37)38)43-17-44-50/h5-9,12-14,17,25-26H,10-11,15-16H2,1-4H3,(H2,42,45)(H,46,52)/t25-,33-/m1/s1. The topological polar surface area (TPSA) is 143 Å². The Morgan fingerprint density at radius 3 is 2.43 bits per heavy atom. The third kappa shape index (κ3) is 7.15. The second-order valence-corrected chi connectivity index (χ2v) is 14.6. The van der Waals surface area contributed by atoms with Crippen molar-refractivity contribution < 1.29 is 40.7 Å². The van der Waals surface area contributed by atoms with Gasteiger partial charge >= 0.3 is 12.3 Å². The third-order valence-electron chi connectivity index (χ3n) is 9.06. The molecule has 1 aliphatic carbocycles. The number of rotatable bonds is 10. The number of hydrogen-bond donors (Lipinski definition) is 3. The SMILES string of the molecule is Cn1ccc(-c2ccc([C@@]3(CC(C)(C)C)NC(=N)N([C@H](COC(=O)NC4(C(F)(F)F)CC4)c4ccc(Cl)c(-n5ncnc5C(F)F)c4)C3=O)c(F)c2)n1. The summed E-state index contributed by atoms with van der Waals surface area (Å²) in [7, 11) is 1.70. The lowest BCUT2D eigenvalue weighted by Crippen LogP contribution is -2.49. The maximum atomic E-state index is 16.3. The van der Waals surface area contributed by atoms with Crippen LogP contribution in [-0.2, 0) is 22.1 Å². The second kappa shape index (κ2) is 13.4. The number of carbonyl (C=O) groups excluding carboxylic acids is 2. The summed E-state index contributed by atoms with van der Waals surface area (Å²) in [6.45, 7) is 4.60. The Kier molecular flexibility index (Phi) is 9.49. The lowest BCUT2D eigenvalue weighted by Gasteiger charge is -2.35. The Labute approximate surface area is 304 Å². The molecule has 6 rings (SSSR count). The number of alkyl halides is 5. The Hall–Kier alpha value is -5.13. The van der Waals surface area contributed by atoms with Gasteiger partial charge in [0.05, 0.1) is 22.4 Å². The summed E-state index contributed by atoms with van der Waals surface area (Å²) in [5.41, 5.74) is -4.32. The van der Waals surface area contributed by atoms with Crippen molar-refractivity contribution >= 4 is 29.6 Å². The number of ether oxygens (including phenoxy) is 1. The quantitative estimate of drug-likeness (QED) is 0.148. The van der Waals surface area contributed by atoms with E-state index in [1.807, 2.05) is 5.32 Å². The Morgan fingerprint density at radius 1 is 1.13 bits per heavy atom. The molecule has 1 aliphatic heterocycles. The van der Waals surface area contributed by atoms with Crippen molar-refractivity contribution in [1.82, 2.24) is 40.1 Å². The van der Waals surface area contributed by atoms with Gasteiger partial charge in [-0.3, -0.25) is 19.8 Å². The predicted molar refractivity (Wildman–Crippen MR) is 179 cm³/mol. The van der Waals surface area contributed by atoms with Crippen LogP contribution < -0.4 is 10.6 Å². The summed E-state index contributed by atoms with van der Waals surface area (Å²) in [6, 6.07) is 8.31. The fourth-order valence-electron chi connectivity index (χ4n) is 6.50. The maximum absolute atomic E-state index is 16.3. The van der Waals surface area contributed by atoms with E-state index in [9.17, 15) is 31.5 Å². The van der Waals surface area contributed by atoms with Crippen LogP contribution in [0, 0.1) is 16.6 Å². The highest BCUT2D eigenvalue weighted by Crippen LogP contribution is 2.49. The number of aryl methyl sites for hydroxylation is 1. The van der Waals surface area contributed by atoms with Gasteiger partial charge in [0.2, 0.25) is 0 Å². The number of benzene rings is 2. The average Bonchev–Trinajstić information content (AvgIpc) is 3.37. The van der Waals surface area contributed by atoms with Crippen molar-refractivity contribution in [3.8, 4) is 16.9 Å². The number of hydrogen-bond acceptors (Lipinski definition) is 7. The van der Waals surface area contributed by atoms with E-state index in [2.05, 4.69) is 20.5 Å². The van der Waals surface area contributed by atoms with Gasteiger partial charge in [-0.05, 0) is 54.5 Å². The number of guanidine groups is 1. The highest BCUT2D eigenvalue weighted by Gasteiger charge is 2.65. The van der Waals surface area contributed by atoms with Crippen LogP contribution in [0.15, 0.2) is 55.0 Å². The van der Waals surface area contributed by atoms with Gasteiger partial charge in [-0.1, -0.05) is 50.6 Å². The van der Waals surface area contributed by atoms with Gasteiger partial charge in [-0.15, -0.1) is 0 Å². The summed E-state index contributed by atoms with van der Waals surface area (Å²) in [4.78, 5) is 32.2. The van der Waals surface area contributed by atoms with Crippen LogP contribution in [0.1, 0.15) is 69.5 Å². The first-order chi connectivity index (χ1) is 24.7. The molecule has 2 fully saturated rings. The number of nitrogens with one attached hydrogen (secondary N) is 3. The number of amides is 2. The maximum Gasteiger partial charge on any atom is 0.411 e. The minimum absolute atomic E-state index is 0.0533. The zero-order valence-electron chi connectivity index (χ0n) is 28.7. The monoisotopic (exact) mass is 765 g/mol. The normalized spacial score (nSPS) is 19.1. The number of aromatic nitrogens is 5. The molecule has 12 nitrogen and oxygen atoms in total. The largest absolute Gasteiger partial charge is 0.447 e. The van der Waals surface area contributed by atoms with E-state index in [0.717, 1.165) is 15.9 Å². The van der Waals surface area contributed by atoms with Crippen molar-refractivity contribution in [2.45, 2.75) is 69.8 Å². The number of alkyl carbamates (subject to hydrolysis) is 1. The first kappa shape index (κ1) is 37.6. The molecule has 4 aromatic rings. The fraction of sp³-hybridized carbons (Fsp3) is 0.412. The molecule has 0 bridgehead atoms. The van der Waals surface area contributed by atoms with E-state index in [0.29, 0.717) is 11.3 Å². The molecule has 3 N–H and O–H groups in total. The molecular weight excluding hydrogens is 732 g/mol. The second-order valence-electron chi connectivity index (χ2n) is 14.2. The smallest absolute Gasteiger partial charge is 0.411 e. The summed E-state index contributed by atoms with van der Waals surface area (Å²) in [6.07, 6.45) is -7.49. The molecule has 0 radical (unpaired) electrons. The molecule has 19 heteroatoms. The number of nitrogens with zero attached hydrogens (tertiary/aromatic N) is 6. The molecule has 2 aliphatic rings. The molecule has 3 heterocycles. The molecular formula is C34H34ClF6N9O3. The zero-order valence-corrected chi connectivity index (χ0v) is 29.5. The van der Waals surface area contributed by atoms with E-state index < -0.39 is 71.3 Å². The molecule has 53 heavy (non-hydrogen) atoms. The highest BCUT2D eigenvalue weighted by atomic mass is 35.5. The van der Waals surface area contributed by atoms with Gasteiger partial charge in [-0.2, -0.15) is 23.4 Å². The van der Waals surface area contributed by atoms with Gasteiger partial charge in [0.15, 0.2) is 11.8 Å². The summed E-state index contributed by atoms with van der Waals surface area (Å²) >= 11 is 6.39. The van der Waals surface area contributed by atoms with Crippen molar-refractivity contribution in [2.24, 2.45) is 12.5 Å². The molecule has 282 valence electrons. The Balaban J connectivity index is 1.43. The molecule has 2 amide bonds. The highest BCUT2D eigenvalue weighted by molar-refractivity contribution is 6.32. The van der Waals surface area contributed by atoms with Crippen LogP contribution in [0.2, 0.25) is 5.02 Å². The van der Waals surface area contributed by atoms with Gasteiger partial charge in [0, 0.05) is 24.4 Å². The Morgan fingerprint density at radius 2 is 1.85 bits per heavy atom.